The van der Waals surface area contributed by atoms with E-state index in [-0.39, 0.29) is 0 Å². The number of nitrogens with zero attached hydrogens (tertiary/aromatic N) is 3. The van der Waals surface area contributed by atoms with Crippen molar-refractivity contribution in [2.24, 2.45) is 0 Å². The van der Waals surface area contributed by atoms with Gasteiger partial charge in [-0.05, 0) is 93.3 Å². The minimum absolute atomic E-state index is 0.663. The monoisotopic (exact) mass is 771 g/mol. The van der Waals surface area contributed by atoms with E-state index in [9.17, 15) is 0 Å². The van der Waals surface area contributed by atoms with Crippen LogP contribution in [-0.4, -0.2) is 9.97 Å². The first-order valence-corrected chi connectivity index (χ1v) is 20.6. The van der Waals surface area contributed by atoms with Crippen LogP contribution in [-0.2, 0) is 0 Å². The number of fused-ring (bicyclic) bond motifs is 8. The maximum absolute atomic E-state index is 7.00. The second kappa shape index (κ2) is 13.5. The van der Waals surface area contributed by atoms with Gasteiger partial charge in [0.1, 0.15) is 5.58 Å². The van der Waals surface area contributed by atoms with E-state index < -0.39 is 0 Å². The average Bonchev–Trinajstić information content (AvgIpc) is 3.86. The molecule has 0 aliphatic heterocycles. The molecule has 0 amide bonds. The van der Waals surface area contributed by atoms with E-state index in [2.05, 4.69) is 205 Å². The molecule has 0 spiro atoms. The number of para-hydroxylation sites is 1. The fourth-order valence-electron chi connectivity index (χ4n) is 8.55. The third-order valence-electron chi connectivity index (χ3n) is 11.4. The van der Waals surface area contributed by atoms with Gasteiger partial charge in [0.2, 0.25) is 0 Å². The summed E-state index contributed by atoms with van der Waals surface area (Å²) in [7, 11) is 0. The van der Waals surface area contributed by atoms with Crippen molar-refractivity contribution >= 4 is 92.2 Å². The van der Waals surface area contributed by atoms with Crippen molar-refractivity contribution in [1.29, 1.82) is 0 Å². The molecular weight excluding hydrogens is 739 g/mol. The minimum Gasteiger partial charge on any atom is -0.454 e. The molecule has 0 saturated carbocycles. The van der Waals surface area contributed by atoms with E-state index in [1.165, 1.54) is 15.5 Å². The van der Waals surface area contributed by atoms with Gasteiger partial charge in [-0.2, -0.15) is 0 Å². The van der Waals surface area contributed by atoms with Crippen molar-refractivity contribution < 1.29 is 4.42 Å². The fourth-order valence-corrected chi connectivity index (χ4v) is 9.70. The summed E-state index contributed by atoms with van der Waals surface area (Å²) in [6.07, 6.45) is 0. The van der Waals surface area contributed by atoms with Crippen LogP contribution in [0.5, 0.6) is 0 Å². The van der Waals surface area contributed by atoms with E-state index in [0.717, 1.165) is 93.3 Å². The zero-order valence-electron chi connectivity index (χ0n) is 31.7. The van der Waals surface area contributed by atoms with Gasteiger partial charge >= 0.3 is 0 Å². The lowest BCUT2D eigenvalue weighted by atomic mass is 10.00. The Morgan fingerprint density at radius 2 is 1.08 bits per heavy atom. The molecule has 0 fully saturated rings. The van der Waals surface area contributed by atoms with Gasteiger partial charge in [-0.25, -0.2) is 9.97 Å². The Morgan fingerprint density at radius 1 is 0.424 bits per heavy atom. The molecule has 59 heavy (non-hydrogen) atoms. The van der Waals surface area contributed by atoms with E-state index in [0.29, 0.717) is 5.82 Å². The summed E-state index contributed by atoms with van der Waals surface area (Å²) in [6, 6.07) is 70.9. The highest BCUT2D eigenvalue weighted by Gasteiger charge is 2.24. The molecule has 3 aromatic heterocycles. The van der Waals surface area contributed by atoms with Gasteiger partial charge in [-0.15, -0.1) is 11.3 Å². The molecule has 12 rings (SSSR count). The molecule has 9 aromatic carbocycles. The van der Waals surface area contributed by atoms with Crippen molar-refractivity contribution in [3.05, 3.63) is 200 Å². The fraction of sp³-hybridized carbons (Fsp3) is 0. The number of thiophene rings is 1. The van der Waals surface area contributed by atoms with E-state index >= 15 is 0 Å². The van der Waals surface area contributed by atoms with Crippen molar-refractivity contribution in [3.8, 4) is 33.8 Å². The van der Waals surface area contributed by atoms with Gasteiger partial charge in [0.05, 0.1) is 21.6 Å². The summed E-state index contributed by atoms with van der Waals surface area (Å²) >= 11 is 1.75. The quantitative estimate of drug-likeness (QED) is 0.169. The molecule has 276 valence electrons. The number of hydrogen-bond donors (Lipinski definition) is 0. The largest absolute Gasteiger partial charge is 0.454 e. The zero-order valence-corrected chi connectivity index (χ0v) is 32.5. The summed E-state index contributed by atoms with van der Waals surface area (Å²) < 4.78 is 9.27. The van der Waals surface area contributed by atoms with Crippen LogP contribution in [0, 0.1) is 0 Å². The maximum atomic E-state index is 7.00. The number of hydrogen-bond acceptors (Lipinski definition) is 5. The molecule has 0 aliphatic rings. The molecule has 3 heterocycles. The summed E-state index contributed by atoms with van der Waals surface area (Å²) in [5, 5.41) is 7.91. The molecule has 5 heteroatoms. The maximum Gasteiger partial charge on any atom is 0.160 e. The van der Waals surface area contributed by atoms with E-state index in [4.69, 9.17) is 14.4 Å². The normalized spacial score (nSPS) is 11.7. The molecule has 4 nitrogen and oxygen atoms in total. The van der Waals surface area contributed by atoms with Gasteiger partial charge in [0.15, 0.2) is 11.4 Å². The summed E-state index contributed by atoms with van der Waals surface area (Å²) in [4.78, 5) is 13.2. The smallest absolute Gasteiger partial charge is 0.160 e. The first-order chi connectivity index (χ1) is 29.2. The Hall–Kier alpha value is -7.60. The SMILES string of the molecule is c1ccc(-c2nc(-c3cc(N(c4ccccc4)c4cccc(-c5ccc6ccccc6c5)c4)c4oc5cc6ccccc6cc5c4c3)nc3c2sc2ccccc23)cc1. The van der Waals surface area contributed by atoms with Gasteiger partial charge in [0.25, 0.3) is 0 Å². The van der Waals surface area contributed by atoms with Crippen LogP contribution in [0.4, 0.5) is 17.1 Å². The summed E-state index contributed by atoms with van der Waals surface area (Å²) in [5.41, 5.74) is 10.7. The summed E-state index contributed by atoms with van der Waals surface area (Å²) in [5.74, 6) is 0.663. The number of benzene rings is 9. The lowest BCUT2D eigenvalue weighted by Crippen LogP contribution is -2.10. The van der Waals surface area contributed by atoms with Gasteiger partial charge in [-0.1, -0.05) is 140 Å². The van der Waals surface area contributed by atoms with Crippen LogP contribution in [0.3, 0.4) is 0 Å². The number of anilines is 3. The molecule has 0 radical (unpaired) electrons. The van der Waals surface area contributed by atoms with E-state index in [1.54, 1.807) is 11.3 Å². The van der Waals surface area contributed by atoms with Gasteiger partial charge in [0, 0.05) is 43.4 Å². The highest BCUT2D eigenvalue weighted by atomic mass is 32.1. The Morgan fingerprint density at radius 3 is 1.92 bits per heavy atom. The number of rotatable bonds is 6. The molecule has 0 aliphatic carbocycles. The van der Waals surface area contributed by atoms with Gasteiger partial charge < -0.3 is 9.32 Å². The van der Waals surface area contributed by atoms with Crippen LogP contribution in [0.15, 0.2) is 205 Å². The van der Waals surface area contributed by atoms with Crippen LogP contribution < -0.4 is 4.90 Å². The Balaban J connectivity index is 1.15. The molecule has 0 bridgehead atoms. The molecule has 0 N–H and O–H groups in total. The lowest BCUT2D eigenvalue weighted by Gasteiger charge is -2.26. The Bertz CT molecular complexity index is 3570. The predicted molar refractivity (Wildman–Crippen MR) is 248 cm³/mol. The Labute approximate surface area is 343 Å². The van der Waals surface area contributed by atoms with Crippen LogP contribution in [0.2, 0.25) is 0 Å². The molecule has 0 unspecified atom stereocenters. The van der Waals surface area contributed by atoms with Crippen molar-refractivity contribution in [3.63, 3.8) is 0 Å². The number of furan rings is 1. The summed E-state index contributed by atoms with van der Waals surface area (Å²) in [6.45, 7) is 0. The average molecular weight is 772 g/mol. The van der Waals surface area contributed by atoms with Crippen LogP contribution in [0.1, 0.15) is 0 Å². The standard InChI is InChI=1S/C54H33N3OS/c1-3-15-35(16-4-1)50-53-51(44-24-11-12-25-49(44)59-53)56-54(55-50)41-31-46-45-30-38-18-9-10-19-39(38)33-48(45)58-52(46)47(32-41)57(42-21-5-2-6-22-42)43-23-13-20-37(29-43)40-27-26-34-14-7-8-17-36(34)28-40/h1-33H. The number of aromatic nitrogens is 2. The minimum atomic E-state index is 0.663. The van der Waals surface area contributed by atoms with Crippen molar-refractivity contribution in [2.45, 2.75) is 0 Å². The Kier molecular flexibility index (Phi) is 7.68. The van der Waals surface area contributed by atoms with Crippen molar-refractivity contribution in [1.82, 2.24) is 9.97 Å². The van der Waals surface area contributed by atoms with E-state index in [1.807, 2.05) is 0 Å². The topological polar surface area (TPSA) is 42.2 Å². The molecule has 0 atom stereocenters. The first kappa shape index (κ1) is 33.5. The lowest BCUT2D eigenvalue weighted by molar-refractivity contribution is 0.669. The third-order valence-corrected chi connectivity index (χ3v) is 12.6. The van der Waals surface area contributed by atoms with Gasteiger partial charge in [-0.3, -0.25) is 0 Å². The zero-order chi connectivity index (χ0) is 38.9. The highest BCUT2D eigenvalue weighted by Crippen LogP contribution is 2.47. The van der Waals surface area contributed by atoms with Crippen LogP contribution >= 0.6 is 11.3 Å². The second-order valence-electron chi connectivity index (χ2n) is 15.0. The molecule has 12 aromatic rings. The predicted octanol–water partition coefficient (Wildman–Crippen LogP) is 15.5. The highest BCUT2D eigenvalue weighted by molar-refractivity contribution is 7.26. The molecular formula is C54H33N3OS. The second-order valence-corrected chi connectivity index (χ2v) is 16.0. The van der Waals surface area contributed by atoms with Crippen molar-refractivity contribution in [2.75, 3.05) is 4.90 Å². The van der Waals surface area contributed by atoms with Crippen LogP contribution in [0.25, 0.3) is 97.6 Å². The third kappa shape index (κ3) is 5.66. The molecule has 0 saturated heterocycles. The first-order valence-electron chi connectivity index (χ1n) is 19.8.